The number of benzene rings is 1. The maximum Gasteiger partial charge on any atom is 0.323 e. The molecule has 1 aromatic heterocycles. The fraction of sp³-hybridized carbons (Fsp3) is 0.333. The normalized spacial score (nSPS) is 10.9. The molecule has 84 valence electrons. The lowest BCUT2D eigenvalue weighted by Gasteiger charge is -2.04. The number of aliphatic carboxylic acids is 1. The van der Waals surface area contributed by atoms with E-state index in [9.17, 15) is 4.79 Å². The van der Waals surface area contributed by atoms with Gasteiger partial charge in [0.2, 0.25) is 0 Å². The van der Waals surface area contributed by atoms with Crippen LogP contribution in [-0.4, -0.2) is 20.6 Å². The van der Waals surface area contributed by atoms with E-state index in [0.29, 0.717) is 0 Å². The molecule has 2 rings (SSSR count). The van der Waals surface area contributed by atoms with Gasteiger partial charge in [-0.05, 0) is 24.6 Å². The number of hydrogen-bond acceptors (Lipinski definition) is 2. The van der Waals surface area contributed by atoms with E-state index in [1.807, 2.05) is 32.0 Å². The van der Waals surface area contributed by atoms with Gasteiger partial charge in [0, 0.05) is 6.42 Å². The highest BCUT2D eigenvalue weighted by atomic mass is 16.4. The Morgan fingerprint density at radius 2 is 2.25 bits per heavy atom. The van der Waals surface area contributed by atoms with Gasteiger partial charge in [0.1, 0.15) is 12.4 Å². The van der Waals surface area contributed by atoms with Crippen molar-refractivity contribution in [2.24, 2.45) is 0 Å². The lowest BCUT2D eigenvalue weighted by Crippen LogP contribution is -2.11. The van der Waals surface area contributed by atoms with Gasteiger partial charge < -0.3 is 9.67 Å². The number of carboxylic acid groups (broad SMARTS) is 1. The van der Waals surface area contributed by atoms with Crippen LogP contribution in [0.3, 0.4) is 0 Å². The fourth-order valence-corrected chi connectivity index (χ4v) is 1.86. The second kappa shape index (κ2) is 3.96. The van der Waals surface area contributed by atoms with Gasteiger partial charge in [-0.25, -0.2) is 4.98 Å². The van der Waals surface area contributed by atoms with Crippen LogP contribution in [0.25, 0.3) is 11.0 Å². The van der Waals surface area contributed by atoms with Gasteiger partial charge in [-0.2, -0.15) is 0 Å². The molecule has 0 saturated heterocycles. The third kappa shape index (κ3) is 1.78. The molecular weight excluding hydrogens is 204 g/mol. The summed E-state index contributed by atoms with van der Waals surface area (Å²) in [7, 11) is 0. The number of aryl methyl sites for hydroxylation is 2. The zero-order chi connectivity index (χ0) is 11.7. The Kier molecular flexibility index (Phi) is 2.64. The molecule has 0 saturated carbocycles. The number of aromatic nitrogens is 2. The molecule has 1 aromatic carbocycles. The zero-order valence-corrected chi connectivity index (χ0v) is 9.40. The van der Waals surface area contributed by atoms with Crippen LogP contribution in [0.15, 0.2) is 18.2 Å². The van der Waals surface area contributed by atoms with E-state index in [1.165, 1.54) is 0 Å². The molecule has 0 aliphatic carbocycles. The molecule has 16 heavy (non-hydrogen) atoms. The summed E-state index contributed by atoms with van der Waals surface area (Å²) in [4.78, 5) is 15.2. The Morgan fingerprint density at radius 3 is 2.88 bits per heavy atom. The van der Waals surface area contributed by atoms with E-state index in [2.05, 4.69) is 4.98 Å². The molecule has 0 unspecified atom stereocenters. The highest BCUT2D eigenvalue weighted by Crippen LogP contribution is 2.18. The van der Waals surface area contributed by atoms with Crippen LogP contribution in [0.1, 0.15) is 18.3 Å². The zero-order valence-electron chi connectivity index (χ0n) is 9.40. The second-order valence-electron chi connectivity index (χ2n) is 3.85. The standard InChI is InChI=1S/C12H14N2O2/c1-3-11-13-9-5-4-8(2)6-10(9)14(11)7-12(15)16/h4-6H,3,7H2,1-2H3,(H,15,16). The summed E-state index contributed by atoms with van der Waals surface area (Å²) in [5, 5.41) is 8.89. The van der Waals surface area contributed by atoms with Crippen molar-refractivity contribution in [3.63, 3.8) is 0 Å². The average Bonchev–Trinajstić information content (AvgIpc) is 2.56. The number of imidazole rings is 1. The number of fused-ring (bicyclic) bond motifs is 1. The van der Waals surface area contributed by atoms with E-state index in [4.69, 9.17) is 5.11 Å². The quantitative estimate of drug-likeness (QED) is 0.857. The lowest BCUT2D eigenvalue weighted by atomic mass is 10.2. The Bertz CT molecular complexity index is 543. The highest BCUT2D eigenvalue weighted by Gasteiger charge is 2.11. The molecule has 0 radical (unpaired) electrons. The summed E-state index contributed by atoms with van der Waals surface area (Å²) in [6.07, 6.45) is 0.737. The Morgan fingerprint density at radius 1 is 1.50 bits per heavy atom. The number of rotatable bonds is 3. The van der Waals surface area contributed by atoms with Crippen molar-refractivity contribution >= 4 is 17.0 Å². The molecule has 0 amide bonds. The number of carbonyl (C=O) groups is 1. The number of carboxylic acids is 1. The van der Waals surface area contributed by atoms with Gasteiger partial charge in [0.25, 0.3) is 0 Å². The van der Waals surface area contributed by atoms with Gasteiger partial charge in [0.15, 0.2) is 0 Å². The van der Waals surface area contributed by atoms with Gasteiger partial charge in [0.05, 0.1) is 11.0 Å². The second-order valence-corrected chi connectivity index (χ2v) is 3.85. The van der Waals surface area contributed by atoms with Crippen molar-refractivity contribution in [2.75, 3.05) is 0 Å². The molecule has 2 aromatic rings. The van der Waals surface area contributed by atoms with E-state index in [-0.39, 0.29) is 6.54 Å². The summed E-state index contributed by atoms with van der Waals surface area (Å²) in [5.74, 6) is -0.0153. The average molecular weight is 218 g/mol. The van der Waals surface area contributed by atoms with Crippen LogP contribution in [0.2, 0.25) is 0 Å². The third-order valence-corrected chi connectivity index (χ3v) is 2.59. The summed E-state index contributed by atoms with van der Waals surface area (Å²) in [6.45, 7) is 3.94. The first-order valence-corrected chi connectivity index (χ1v) is 5.29. The Hall–Kier alpha value is -1.84. The molecular formula is C12H14N2O2. The van der Waals surface area contributed by atoms with Gasteiger partial charge >= 0.3 is 5.97 Å². The maximum atomic E-state index is 10.8. The predicted molar refractivity (Wildman–Crippen MR) is 61.5 cm³/mol. The fourth-order valence-electron chi connectivity index (χ4n) is 1.86. The third-order valence-electron chi connectivity index (χ3n) is 2.59. The highest BCUT2D eigenvalue weighted by molar-refractivity contribution is 5.79. The van der Waals surface area contributed by atoms with Crippen molar-refractivity contribution < 1.29 is 9.90 Å². The maximum absolute atomic E-state index is 10.8. The minimum atomic E-state index is -0.837. The minimum Gasteiger partial charge on any atom is -0.480 e. The monoisotopic (exact) mass is 218 g/mol. The molecule has 1 N–H and O–H groups in total. The topological polar surface area (TPSA) is 55.1 Å². The first-order chi connectivity index (χ1) is 7.61. The molecule has 4 nitrogen and oxygen atoms in total. The first-order valence-electron chi connectivity index (χ1n) is 5.29. The lowest BCUT2D eigenvalue weighted by molar-refractivity contribution is -0.137. The molecule has 0 aliphatic rings. The predicted octanol–water partition coefficient (Wildman–Crippen LogP) is 1.99. The van der Waals surface area contributed by atoms with Gasteiger partial charge in [-0.15, -0.1) is 0 Å². The first kappa shape index (κ1) is 10.7. The number of hydrogen-bond donors (Lipinski definition) is 1. The molecule has 4 heteroatoms. The van der Waals surface area contributed by atoms with E-state index in [0.717, 1.165) is 28.8 Å². The van der Waals surface area contributed by atoms with Gasteiger partial charge in [-0.1, -0.05) is 13.0 Å². The van der Waals surface area contributed by atoms with E-state index >= 15 is 0 Å². The minimum absolute atomic E-state index is 0.0247. The SMILES string of the molecule is CCc1nc2ccc(C)cc2n1CC(=O)O. The summed E-state index contributed by atoms with van der Waals surface area (Å²) >= 11 is 0. The van der Waals surface area contributed by atoms with E-state index < -0.39 is 5.97 Å². The Labute approximate surface area is 93.5 Å². The van der Waals surface area contributed by atoms with E-state index in [1.54, 1.807) is 4.57 Å². The van der Waals surface area contributed by atoms with Crippen LogP contribution in [0.4, 0.5) is 0 Å². The molecule has 0 bridgehead atoms. The summed E-state index contributed by atoms with van der Waals surface area (Å²) in [5.41, 5.74) is 2.88. The van der Waals surface area contributed by atoms with Crippen molar-refractivity contribution in [1.82, 2.24) is 9.55 Å². The van der Waals surface area contributed by atoms with Crippen LogP contribution < -0.4 is 0 Å². The van der Waals surface area contributed by atoms with Crippen LogP contribution in [0, 0.1) is 6.92 Å². The van der Waals surface area contributed by atoms with Crippen LogP contribution in [-0.2, 0) is 17.8 Å². The number of nitrogens with zero attached hydrogens (tertiary/aromatic N) is 2. The van der Waals surface area contributed by atoms with Crippen LogP contribution in [0.5, 0.6) is 0 Å². The Balaban J connectivity index is 2.65. The summed E-state index contributed by atoms with van der Waals surface area (Å²) in [6, 6.07) is 5.90. The molecule has 1 heterocycles. The van der Waals surface area contributed by atoms with Crippen molar-refractivity contribution in [1.29, 1.82) is 0 Å². The van der Waals surface area contributed by atoms with Crippen molar-refractivity contribution in [2.45, 2.75) is 26.8 Å². The molecule has 0 spiro atoms. The van der Waals surface area contributed by atoms with Crippen LogP contribution >= 0.6 is 0 Å². The van der Waals surface area contributed by atoms with Crippen molar-refractivity contribution in [3.05, 3.63) is 29.6 Å². The molecule has 0 atom stereocenters. The van der Waals surface area contributed by atoms with Crippen molar-refractivity contribution in [3.8, 4) is 0 Å². The summed E-state index contributed by atoms with van der Waals surface area (Å²) < 4.78 is 1.77. The molecule has 0 fully saturated rings. The molecule has 0 aliphatic heterocycles. The van der Waals surface area contributed by atoms with Gasteiger partial charge in [-0.3, -0.25) is 4.79 Å². The smallest absolute Gasteiger partial charge is 0.323 e. The largest absolute Gasteiger partial charge is 0.480 e.